The van der Waals surface area contributed by atoms with Gasteiger partial charge in [-0.3, -0.25) is 0 Å². The second-order valence-electron chi connectivity index (χ2n) is 5.48. The number of hydrogen-bond donors (Lipinski definition) is 2. The molecule has 3 N–H and O–H groups in total. The van der Waals surface area contributed by atoms with Crippen LogP contribution in [0.15, 0.2) is 29.4 Å². The fourth-order valence-electron chi connectivity index (χ4n) is 3.53. The van der Waals surface area contributed by atoms with Crippen LogP contribution in [0.1, 0.15) is 49.1 Å². The highest BCUT2D eigenvalue weighted by atomic mass is 16.2. The van der Waals surface area contributed by atoms with E-state index in [-0.39, 0.29) is 0 Å². The van der Waals surface area contributed by atoms with E-state index in [1.54, 1.807) is 0 Å². The Morgan fingerprint density at radius 3 is 2.89 bits per heavy atom. The second kappa shape index (κ2) is 5.03. The van der Waals surface area contributed by atoms with Crippen LogP contribution in [0.5, 0.6) is 0 Å². The van der Waals surface area contributed by atoms with Crippen LogP contribution >= 0.6 is 0 Å². The maximum atomic E-state index is 10.8. The van der Waals surface area contributed by atoms with E-state index in [0.717, 1.165) is 12.1 Å². The Labute approximate surface area is 113 Å². The molecule has 19 heavy (non-hydrogen) atoms. The van der Waals surface area contributed by atoms with Crippen LogP contribution in [-0.4, -0.2) is 11.7 Å². The maximum Gasteiger partial charge on any atom is 0.332 e. The van der Waals surface area contributed by atoms with Gasteiger partial charge in [0.25, 0.3) is 0 Å². The molecule has 2 aliphatic carbocycles. The van der Waals surface area contributed by atoms with Crippen molar-refractivity contribution >= 4 is 11.7 Å². The average molecular weight is 257 g/mol. The molecule has 0 aromatic heterocycles. The van der Waals surface area contributed by atoms with Gasteiger partial charge in [0.2, 0.25) is 0 Å². The molecule has 0 bridgehead atoms. The number of carbonyl (C=O) groups excluding carboxylic acids is 1. The second-order valence-corrected chi connectivity index (χ2v) is 5.48. The quantitative estimate of drug-likeness (QED) is 0.746. The number of nitrogens with zero attached hydrogens (tertiary/aromatic N) is 1. The predicted octanol–water partition coefficient (Wildman–Crippen LogP) is 2.74. The number of fused-ring (bicyclic) bond motifs is 3. The first-order chi connectivity index (χ1) is 9.25. The van der Waals surface area contributed by atoms with Gasteiger partial charge in [-0.15, -0.1) is 0 Å². The van der Waals surface area contributed by atoms with E-state index >= 15 is 0 Å². The van der Waals surface area contributed by atoms with E-state index in [9.17, 15) is 4.79 Å². The molecular weight excluding hydrogens is 238 g/mol. The highest BCUT2D eigenvalue weighted by Crippen LogP contribution is 2.44. The van der Waals surface area contributed by atoms with Crippen molar-refractivity contribution in [1.82, 2.24) is 5.43 Å². The molecule has 0 aliphatic heterocycles. The zero-order chi connectivity index (χ0) is 13.2. The van der Waals surface area contributed by atoms with E-state index in [1.165, 1.54) is 36.8 Å². The van der Waals surface area contributed by atoms with E-state index < -0.39 is 6.03 Å². The third-order valence-electron chi connectivity index (χ3n) is 4.34. The van der Waals surface area contributed by atoms with Gasteiger partial charge >= 0.3 is 6.03 Å². The third-order valence-corrected chi connectivity index (χ3v) is 4.34. The van der Waals surface area contributed by atoms with Crippen molar-refractivity contribution in [2.24, 2.45) is 16.8 Å². The summed E-state index contributed by atoms with van der Waals surface area (Å²) in [6.07, 6.45) is 6.11. The van der Waals surface area contributed by atoms with Gasteiger partial charge in [-0.25, -0.2) is 10.2 Å². The summed E-state index contributed by atoms with van der Waals surface area (Å²) in [4.78, 5) is 10.8. The minimum absolute atomic E-state index is 0.601. The zero-order valence-corrected chi connectivity index (χ0v) is 10.9. The fourth-order valence-corrected chi connectivity index (χ4v) is 3.53. The van der Waals surface area contributed by atoms with Crippen LogP contribution in [0.3, 0.4) is 0 Å². The first-order valence-electron chi connectivity index (χ1n) is 6.97. The van der Waals surface area contributed by atoms with Gasteiger partial charge in [-0.1, -0.05) is 37.1 Å². The molecule has 4 heteroatoms. The maximum absolute atomic E-state index is 10.8. The molecule has 1 fully saturated rings. The largest absolute Gasteiger partial charge is 0.350 e. The number of carbonyl (C=O) groups is 1. The highest BCUT2D eigenvalue weighted by molar-refractivity contribution is 6.03. The Hall–Kier alpha value is -1.84. The molecule has 2 aliphatic rings. The lowest BCUT2D eigenvalue weighted by Gasteiger charge is -2.37. The topological polar surface area (TPSA) is 67.5 Å². The van der Waals surface area contributed by atoms with E-state index in [0.29, 0.717) is 11.8 Å². The predicted molar refractivity (Wildman–Crippen MR) is 75.0 cm³/mol. The number of nitrogens with two attached hydrogens (primary N) is 1. The number of primary amides is 1. The molecule has 2 amide bonds. The number of nitrogens with one attached hydrogen (secondary N) is 1. The number of rotatable bonds is 1. The van der Waals surface area contributed by atoms with Gasteiger partial charge in [-0.2, -0.15) is 5.10 Å². The summed E-state index contributed by atoms with van der Waals surface area (Å²) in [5.74, 6) is 1.33. The number of hydrogen-bond acceptors (Lipinski definition) is 2. The normalized spacial score (nSPS) is 27.5. The molecule has 2 atom stereocenters. The molecule has 2 unspecified atom stereocenters. The van der Waals surface area contributed by atoms with E-state index in [4.69, 9.17) is 5.73 Å². The molecule has 1 aromatic carbocycles. The van der Waals surface area contributed by atoms with Crippen LogP contribution in [0.4, 0.5) is 4.79 Å². The summed E-state index contributed by atoms with van der Waals surface area (Å²) in [6, 6.07) is 7.83. The van der Waals surface area contributed by atoms with E-state index in [2.05, 4.69) is 28.7 Å². The van der Waals surface area contributed by atoms with Crippen molar-refractivity contribution in [3.63, 3.8) is 0 Å². The third kappa shape index (κ3) is 2.35. The van der Waals surface area contributed by atoms with Crippen molar-refractivity contribution in [3.8, 4) is 0 Å². The lowest BCUT2D eigenvalue weighted by Crippen LogP contribution is -2.31. The lowest BCUT2D eigenvalue weighted by molar-refractivity contribution is 0.249. The van der Waals surface area contributed by atoms with Crippen molar-refractivity contribution in [1.29, 1.82) is 0 Å². The minimum atomic E-state index is -0.601. The summed E-state index contributed by atoms with van der Waals surface area (Å²) in [5.41, 5.74) is 11.0. The van der Waals surface area contributed by atoms with Crippen molar-refractivity contribution in [2.75, 3.05) is 0 Å². The highest BCUT2D eigenvalue weighted by Gasteiger charge is 2.34. The summed E-state index contributed by atoms with van der Waals surface area (Å²) >= 11 is 0. The lowest BCUT2D eigenvalue weighted by atomic mass is 9.67. The molecule has 4 nitrogen and oxygen atoms in total. The number of hydrazone groups is 1. The monoisotopic (exact) mass is 257 g/mol. The van der Waals surface area contributed by atoms with Crippen LogP contribution in [0, 0.1) is 5.92 Å². The van der Waals surface area contributed by atoms with Crippen molar-refractivity contribution in [3.05, 3.63) is 35.4 Å². The first-order valence-corrected chi connectivity index (χ1v) is 6.97. The Bertz CT molecular complexity index is 524. The number of amides is 2. The van der Waals surface area contributed by atoms with Crippen LogP contribution < -0.4 is 11.2 Å². The van der Waals surface area contributed by atoms with Crippen molar-refractivity contribution in [2.45, 2.75) is 38.0 Å². The van der Waals surface area contributed by atoms with Gasteiger partial charge in [0, 0.05) is 5.56 Å². The summed E-state index contributed by atoms with van der Waals surface area (Å²) in [5, 5.41) is 4.21. The van der Waals surface area contributed by atoms with Gasteiger partial charge in [0.1, 0.15) is 0 Å². The summed E-state index contributed by atoms with van der Waals surface area (Å²) in [6.45, 7) is 0. The Kier molecular flexibility index (Phi) is 3.23. The summed E-state index contributed by atoms with van der Waals surface area (Å²) in [7, 11) is 0. The minimum Gasteiger partial charge on any atom is -0.350 e. The first kappa shape index (κ1) is 12.2. The molecule has 3 rings (SSSR count). The van der Waals surface area contributed by atoms with Gasteiger partial charge < -0.3 is 5.73 Å². The molecule has 100 valence electrons. The van der Waals surface area contributed by atoms with Crippen LogP contribution in [0.25, 0.3) is 0 Å². The standard InChI is InChI=1S/C15H19N3O/c16-15(19)18-17-14-9-10-5-1-2-6-11(10)12-7-3-4-8-13(12)14/h3-4,7-8,10-11H,1-2,5-6,9H2,(H3,16,18,19)/b17-14-. The van der Waals surface area contributed by atoms with Crippen LogP contribution in [-0.2, 0) is 0 Å². The molecule has 0 saturated heterocycles. The Balaban J connectivity index is 1.98. The number of urea groups is 1. The van der Waals surface area contributed by atoms with Gasteiger partial charge in [0.05, 0.1) is 5.71 Å². The zero-order valence-electron chi connectivity index (χ0n) is 10.9. The van der Waals surface area contributed by atoms with E-state index in [1.807, 2.05) is 6.07 Å². The molecule has 1 saturated carbocycles. The molecular formula is C15H19N3O. The molecule has 0 heterocycles. The molecule has 1 aromatic rings. The smallest absolute Gasteiger partial charge is 0.332 e. The van der Waals surface area contributed by atoms with Gasteiger partial charge in [0.15, 0.2) is 0 Å². The summed E-state index contributed by atoms with van der Waals surface area (Å²) < 4.78 is 0. The fraction of sp³-hybridized carbons (Fsp3) is 0.467. The van der Waals surface area contributed by atoms with Crippen molar-refractivity contribution < 1.29 is 4.79 Å². The van der Waals surface area contributed by atoms with Gasteiger partial charge in [-0.05, 0) is 36.7 Å². The SMILES string of the molecule is NC(=O)N/N=C1/CC2CCCCC2c2ccccc21. The average Bonchev–Trinajstić information content (AvgIpc) is 2.44. The molecule has 0 spiro atoms. The Morgan fingerprint density at radius 1 is 1.26 bits per heavy atom. The molecule has 0 radical (unpaired) electrons. The number of benzene rings is 1. The van der Waals surface area contributed by atoms with Crippen LogP contribution in [0.2, 0.25) is 0 Å². The Morgan fingerprint density at radius 2 is 2.05 bits per heavy atom.